The maximum absolute atomic E-state index is 12.4. The Labute approximate surface area is 149 Å². The zero-order chi connectivity index (χ0) is 18.4. The third-order valence-electron chi connectivity index (χ3n) is 3.31. The van der Waals surface area contributed by atoms with Crippen LogP contribution in [0.3, 0.4) is 0 Å². The number of nitrogens with one attached hydrogen (secondary N) is 1. The Morgan fingerprint density at radius 3 is 2.20 bits per heavy atom. The van der Waals surface area contributed by atoms with Crippen LogP contribution in [-0.2, 0) is 9.47 Å². The van der Waals surface area contributed by atoms with Gasteiger partial charge in [-0.1, -0.05) is 17.7 Å². The van der Waals surface area contributed by atoms with Crippen molar-refractivity contribution in [2.75, 3.05) is 18.5 Å². The van der Waals surface area contributed by atoms with E-state index in [9.17, 15) is 14.4 Å². The SMILES string of the molecule is CCOC(=O)c1csc(NC(=O)c2ccc(C)cc2)c1C(=O)OCC. The largest absolute Gasteiger partial charge is 0.462 e. The molecule has 6 nitrogen and oxygen atoms in total. The highest BCUT2D eigenvalue weighted by Crippen LogP contribution is 2.30. The molecule has 1 heterocycles. The molecular formula is C18H19NO5S. The molecule has 0 radical (unpaired) electrons. The van der Waals surface area contributed by atoms with Crippen molar-refractivity contribution in [2.45, 2.75) is 20.8 Å². The van der Waals surface area contributed by atoms with E-state index in [0.29, 0.717) is 5.56 Å². The molecule has 1 amide bonds. The first-order valence-corrected chi connectivity index (χ1v) is 8.69. The highest BCUT2D eigenvalue weighted by molar-refractivity contribution is 7.15. The topological polar surface area (TPSA) is 81.7 Å². The molecule has 0 saturated carbocycles. The second-order valence-electron chi connectivity index (χ2n) is 5.11. The van der Waals surface area contributed by atoms with E-state index in [1.165, 1.54) is 5.38 Å². The third kappa shape index (κ3) is 4.45. The Kier molecular flexibility index (Phi) is 6.30. The van der Waals surface area contributed by atoms with Crippen LogP contribution in [-0.4, -0.2) is 31.1 Å². The summed E-state index contributed by atoms with van der Waals surface area (Å²) in [5, 5.41) is 4.41. The van der Waals surface area contributed by atoms with Crippen molar-refractivity contribution >= 4 is 34.2 Å². The predicted octanol–water partition coefficient (Wildman–Crippen LogP) is 3.66. The highest BCUT2D eigenvalue weighted by Gasteiger charge is 2.26. The molecule has 25 heavy (non-hydrogen) atoms. The van der Waals surface area contributed by atoms with E-state index in [2.05, 4.69) is 5.32 Å². The lowest BCUT2D eigenvalue weighted by Crippen LogP contribution is -2.17. The average Bonchev–Trinajstić information content (AvgIpc) is 2.99. The molecule has 2 rings (SSSR count). The average molecular weight is 361 g/mol. The lowest BCUT2D eigenvalue weighted by Gasteiger charge is -2.08. The van der Waals surface area contributed by atoms with Crippen LogP contribution >= 0.6 is 11.3 Å². The minimum Gasteiger partial charge on any atom is -0.462 e. The first-order valence-electron chi connectivity index (χ1n) is 7.81. The van der Waals surface area contributed by atoms with E-state index in [0.717, 1.165) is 16.9 Å². The monoisotopic (exact) mass is 361 g/mol. The summed E-state index contributed by atoms with van der Waals surface area (Å²) in [5.41, 5.74) is 1.59. The van der Waals surface area contributed by atoms with E-state index in [1.807, 2.05) is 19.1 Å². The third-order valence-corrected chi connectivity index (χ3v) is 4.20. The maximum atomic E-state index is 12.4. The summed E-state index contributed by atoms with van der Waals surface area (Å²) in [6, 6.07) is 7.02. The summed E-state index contributed by atoms with van der Waals surface area (Å²) in [5.74, 6) is -1.67. The molecule has 0 fully saturated rings. The minimum absolute atomic E-state index is 0.0192. The Bertz CT molecular complexity index is 779. The Hall–Kier alpha value is -2.67. The molecular weight excluding hydrogens is 342 g/mol. The van der Waals surface area contributed by atoms with Gasteiger partial charge in [0, 0.05) is 10.9 Å². The number of rotatable bonds is 6. The maximum Gasteiger partial charge on any atom is 0.342 e. The van der Waals surface area contributed by atoms with Crippen LogP contribution in [0.2, 0.25) is 0 Å². The molecule has 1 aromatic carbocycles. The van der Waals surface area contributed by atoms with E-state index in [4.69, 9.17) is 9.47 Å². The summed E-state index contributed by atoms with van der Waals surface area (Å²) in [4.78, 5) is 36.7. The van der Waals surface area contributed by atoms with Crippen LogP contribution in [0.15, 0.2) is 29.6 Å². The van der Waals surface area contributed by atoms with Gasteiger partial charge < -0.3 is 14.8 Å². The number of benzene rings is 1. The summed E-state index contributed by atoms with van der Waals surface area (Å²) in [7, 11) is 0. The number of carbonyl (C=O) groups excluding carboxylic acids is 3. The standard InChI is InChI=1S/C18H19NO5S/c1-4-23-17(21)13-10-25-16(14(13)18(22)24-5-2)19-15(20)12-8-6-11(3)7-9-12/h6-10H,4-5H2,1-3H3,(H,19,20). The van der Waals surface area contributed by atoms with Crippen molar-refractivity contribution in [3.05, 3.63) is 51.9 Å². The molecule has 0 aliphatic heterocycles. The van der Waals surface area contributed by atoms with Gasteiger partial charge in [0.15, 0.2) is 0 Å². The number of aryl methyl sites for hydroxylation is 1. The van der Waals surface area contributed by atoms with Gasteiger partial charge in [0.1, 0.15) is 10.6 Å². The second kappa shape index (κ2) is 8.43. The molecule has 0 saturated heterocycles. The van der Waals surface area contributed by atoms with Crippen LogP contribution in [0.4, 0.5) is 5.00 Å². The van der Waals surface area contributed by atoms with Crippen molar-refractivity contribution in [1.29, 1.82) is 0 Å². The van der Waals surface area contributed by atoms with E-state index >= 15 is 0 Å². The van der Waals surface area contributed by atoms with Gasteiger partial charge in [0.25, 0.3) is 5.91 Å². The molecule has 2 aromatic rings. The van der Waals surface area contributed by atoms with Crippen molar-refractivity contribution < 1.29 is 23.9 Å². The molecule has 0 unspecified atom stereocenters. The van der Waals surface area contributed by atoms with Crippen LogP contribution < -0.4 is 5.32 Å². The second-order valence-corrected chi connectivity index (χ2v) is 5.99. The number of esters is 2. The molecule has 7 heteroatoms. The van der Waals surface area contributed by atoms with Gasteiger partial charge in [-0.3, -0.25) is 4.79 Å². The molecule has 0 aliphatic carbocycles. The summed E-state index contributed by atoms with van der Waals surface area (Å²) in [6.45, 7) is 5.60. The Morgan fingerprint density at radius 1 is 1.00 bits per heavy atom. The molecule has 1 N–H and O–H groups in total. The number of carbonyl (C=O) groups is 3. The van der Waals surface area contributed by atoms with E-state index < -0.39 is 11.9 Å². The first-order chi connectivity index (χ1) is 12.0. The fourth-order valence-corrected chi connectivity index (χ4v) is 3.01. The van der Waals surface area contributed by atoms with Crippen LogP contribution in [0.5, 0.6) is 0 Å². The lowest BCUT2D eigenvalue weighted by molar-refractivity contribution is 0.0481. The number of hydrogen-bond acceptors (Lipinski definition) is 6. The number of thiophene rings is 1. The van der Waals surface area contributed by atoms with Crippen molar-refractivity contribution in [3.8, 4) is 0 Å². The van der Waals surface area contributed by atoms with Gasteiger partial charge in [-0.2, -0.15) is 0 Å². The van der Waals surface area contributed by atoms with Crippen molar-refractivity contribution in [2.24, 2.45) is 0 Å². The van der Waals surface area contributed by atoms with Crippen LogP contribution in [0.25, 0.3) is 0 Å². The van der Waals surface area contributed by atoms with Crippen molar-refractivity contribution in [1.82, 2.24) is 0 Å². The number of ether oxygens (including phenoxy) is 2. The quantitative estimate of drug-likeness (QED) is 0.794. The van der Waals surface area contributed by atoms with Gasteiger partial charge in [0.05, 0.1) is 18.8 Å². The van der Waals surface area contributed by atoms with Gasteiger partial charge >= 0.3 is 11.9 Å². The molecule has 0 bridgehead atoms. The summed E-state index contributed by atoms with van der Waals surface area (Å²) < 4.78 is 9.97. The fraction of sp³-hybridized carbons (Fsp3) is 0.278. The number of amides is 1. The predicted molar refractivity (Wildman–Crippen MR) is 95.4 cm³/mol. The lowest BCUT2D eigenvalue weighted by atomic mass is 10.1. The van der Waals surface area contributed by atoms with E-state index in [1.54, 1.807) is 26.0 Å². The fourth-order valence-electron chi connectivity index (χ4n) is 2.10. The minimum atomic E-state index is -0.675. The van der Waals surface area contributed by atoms with Crippen LogP contribution in [0, 0.1) is 6.92 Å². The normalized spacial score (nSPS) is 10.2. The zero-order valence-corrected chi connectivity index (χ0v) is 15.1. The Morgan fingerprint density at radius 2 is 1.60 bits per heavy atom. The van der Waals surface area contributed by atoms with Gasteiger partial charge in [0.2, 0.25) is 0 Å². The van der Waals surface area contributed by atoms with Crippen LogP contribution in [0.1, 0.15) is 50.5 Å². The first kappa shape index (κ1) is 18.7. The number of anilines is 1. The van der Waals surface area contributed by atoms with Crippen molar-refractivity contribution in [3.63, 3.8) is 0 Å². The van der Waals surface area contributed by atoms with Gasteiger partial charge in [-0.25, -0.2) is 9.59 Å². The summed E-state index contributed by atoms with van der Waals surface area (Å²) >= 11 is 1.08. The summed E-state index contributed by atoms with van der Waals surface area (Å²) in [6.07, 6.45) is 0. The molecule has 132 valence electrons. The van der Waals surface area contributed by atoms with E-state index in [-0.39, 0.29) is 35.2 Å². The van der Waals surface area contributed by atoms with Gasteiger partial charge in [-0.05, 0) is 32.9 Å². The smallest absolute Gasteiger partial charge is 0.342 e. The van der Waals surface area contributed by atoms with Gasteiger partial charge in [-0.15, -0.1) is 11.3 Å². The number of hydrogen-bond donors (Lipinski definition) is 1. The zero-order valence-electron chi connectivity index (χ0n) is 14.3. The molecule has 0 aliphatic rings. The molecule has 0 atom stereocenters. The molecule has 0 spiro atoms. The Balaban J connectivity index is 2.33. The highest BCUT2D eigenvalue weighted by atomic mass is 32.1. The molecule has 1 aromatic heterocycles.